The average molecular weight is 220 g/mol. The van der Waals surface area contributed by atoms with Gasteiger partial charge in [-0.15, -0.1) is 13.2 Å². The van der Waals surface area contributed by atoms with Gasteiger partial charge in [0.25, 0.3) is 0 Å². The van der Waals surface area contributed by atoms with Gasteiger partial charge in [0.1, 0.15) is 0 Å². The number of esters is 1. The Labute approximate surface area is 86.1 Å². The molecule has 0 N–H and O–H groups in total. The first-order valence-electron chi connectivity index (χ1n) is 4.33. The molecule has 0 aliphatic rings. The van der Waals surface area contributed by atoms with Crippen molar-refractivity contribution in [2.45, 2.75) is 32.0 Å². The van der Waals surface area contributed by atoms with Crippen LogP contribution >= 0.6 is 0 Å². The van der Waals surface area contributed by atoms with Gasteiger partial charge in [0.05, 0.1) is 0 Å². The van der Waals surface area contributed by atoms with Crippen molar-refractivity contribution in [3.63, 3.8) is 0 Å². The van der Waals surface area contributed by atoms with Crippen LogP contribution in [-0.4, -0.2) is 12.3 Å². The number of hydrogen-bond donors (Lipinski definition) is 0. The van der Waals surface area contributed by atoms with E-state index in [1.807, 2.05) is 0 Å². The topological polar surface area (TPSA) is 26.3 Å². The second kappa shape index (κ2) is 6.93. The highest BCUT2D eigenvalue weighted by Gasteiger charge is 2.33. The molecule has 0 aromatic heterocycles. The predicted molar refractivity (Wildman–Crippen MR) is 48.6 cm³/mol. The SMILES string of the molecule is C=CC#CCCCCC(=O)OC(F)(F)F. The van der Waals surface area contributed by atoms with Gasteiger partial charge in [0, 0.05) is 12.8 Å². The molecule has 0 unspecified atom stereocenters. The van der Waals surface area contributed by atoms with Crippen LogP contribution in [0.1, 0.15) is 25.7 Å². The molecule has 0 fully saturated rings. The van der Waals surface area contributed by atoms with Crippen LogP contribution < -0.4 is 0 Å². The van der Waals surface area contributed by atoms with Crippen LogP contribution in [0, 0.1) is 11.8 Å². The molecular formula is C10H11F3O2. The molecule has 0 aliphatic heterocycles. The summed E-state index contributed by atoms with van der Waals surface area (Å²) >= 11 is 0. The number of allylic oxidation sites excluding steroid dienone is 1. The molecule has 0 amide bonds. The Hall–Kier alpha value is -1.44. The molecule has 0 atom stereocenters. The van der Waals surface area contributed by atoms with Crippen LogP contribution in [0.2, 0.25) is 0 Å². The highest BCUT2D eigenvalue weighted by molar-refractivity contribution is 5.69. The Balaban J connectivity index is 3.52. The predicted octanol–water partition coefficient (Wildman–Crippen LogP) is 2.80. The summed E-state index contributed by atoms with van der Waals surface area (Å²) in [6.07, 6.45) is -2.26. The van der Waals surface area contributed by atoms with Crippen LogP contribution in [0.5, 0.6) is 0 Å². The summed E-state index contributed by atoms with van der Waals surface area (Å²) in [5, 5.41) is 0. The van der Waals surface area contributed by atoms with Gasteiger partial charge in [0.15, 0.2) is 0 Å². The fraction of sp³-hybridized carbons (Fsp3) is 0.500. The van der Waals surface area contributed by atoms with E-state index >= 15 is 0 Å². The Bertz CT molecular complexity index is 271. The number of ether oxygens (including phenoxy) is 1. The fourth-order valence-electron chi connectivity index (χ4n) is 0.807. The standard InChI is InChI=1S/C10H11F3O2/c1-2-3-4-5-6-7-8-9(14)15-10(11,12)13/h2H,1,5-8H2. The first-order chi connectivity index (χ1) is 6.95. The van der Waals surface area contributed by atoms with Gasteiger partial charge in [-0.2, -0.15) is 0 Å². The van der Waals surface area contributed by atoms with Crippen molar-refractivity contribution in [1.29, 1.82) is 0 Å². The Morgan fingerprint density at radius 1 is 1.40 bits per heavy atom. The molecule has 0 heterocycles. The lowest BCUT2D eigenvalue weighted by Crippen LogP contribution is -2.18. The van der Waals surface area contributed by atoms with Crippen molar-refractivity contribution in [2.75, 3.05) is 0 Å². The number of hydrogen-bond acceptors (Lipinski definition) is 2. The highest BCUT2D eigenvalue weighted by Crippen LogP contribution is 2.17. The van der Waals surface area contributed by atoms with Crippen molar-refractivity contribution < 1.29 is 22.7 Å². The molecule has 0 radical (unpaired) electrons. The molecule has 15 heavy (non-hydrogen) atoms. The lowest BCUT2D eigenvalue weighted by atomic mass is 10.2. The monoisotopic (exact) mass is 220 g/mol. The maximum Gasteiger partial charge on any atom is 0.575 e. The van der Waals surface area contributed by atoms with Crippen molar-refractivity contribution in [3.8, 4) is 11.8 Å². The molecule has 0 spiro atoms. The second-order valence-electron chi connectivity index (χ2n) is 2.65. The molecule has 0 aromatic carbocycles. The van der Waals surface area contributed by atoms with E-state index in [1.165, 1.54) is 6.08 Å². The summed E-state index contributed by atoms with van der Waals surface area (Å²) < 4.78 is 37.7. The normalized spacial score (nSPS) is 10.1. The Morgan fingerprint density at radius 2 is 2.07 bits per heavy atom. The van der Waals surface area contributed by atoms with Gasteiger partial charge in [0.2, 0.25) is 0 Å². The summed E-state index contributed by atoms with van der Waals surface area (Å²) in [6.45, 7) is 3.37. The molecular weight excluding hydrogens is 209 g/mol. The summed E-state index contributed by atoms with van der Waals surface area (Å²) in [5.41, 5.74) is 0. The molecule has 0 rings (SSSR count). The summed E-state index contributed by atoms with van der Waals surface area (Å²) in [4.78, 5) is 10.6. The molecule has 5 heteroatoms. The minimum Gasteiger partial charge on any atom is -0.373 e. The smallest absolute Gasteiger partial charge is 0.373 e. The van der Waals surface area contributed by atoms with Gasteiger partial charge in [-0.25, -0.2) is 0 Å². The van der Waals surface area contributed by atoms with Crippen LogP contribution in [0.15, 0.2) is 12.7 Å². The zero-order valence-electron chi connectivity index (χ0n) is 8.06. The van der Waals surface area contributed by atoms with Crippen LogP contribution in [0.3, 0.4) is 0 Å². The highest BCUT2D eigenvalue weighted by atomic mass is 19.4. The van der Waals surface area contributed by atoms with Crippen LogP contribution in [0.4, 0.5) is 13.2 Å². The van der Waals surface area contributed by atoms with E-state index in [9.17, 15) is 18.0 Å². The number of alkyl halides is 3. The van der Waals surface area contributed by atoms with Crippen molar-refractivity contribution in [3.05, 3.63) is 12.7 Å². The lowest BCUT2D eigenvalue weighted by molar-refractivity contribution is -0.305. The number of rotatable bonds is 4. The zero-order valence-corrected chi connectivity index (χ0v) is 8.06. The molecule has 0 saturated carbocycles. The van der Waals surface area contributed by atoms with E-state index in [0.29, 0.717) is 19.3 Å². The molecule has 2 nitrogen and oxygen atoms in total. The van der Waals surface area contributed by atoms with Gasteiger partial charge < -0.3 is 4.74 Å². The first-order valence-corrected chi connectivity index (χ1v) is 4.33. The molecule has 0 bridgehead atoms. The average Bonchev–Trinajstić information content (AvgIpc) is 2.08. The summed E-state index contributed by atoms with van der Waals surface area (Å²) in [6, 6.07) is 0. The first kappa shape index (κ1) is 13.6. The number of halogens is 3. The van der Waals surface area contributed by atoms with Crippen molar-refractivity contribution in [2.24, 2.45) is 0 Å². The number of carbonyl (C=O) groups is 1. The third kappa shape index (κ3) is 10.5. The van der Waals surface area contributed by atoms with E-state index in [2.05, 4.69) is 23.2 Å². The van der Waals surface area contributed by atoms with Crippen molar-refractivity contribution in [1.82, 2.24) is 0 Å². The minimum atomic E-state index is -4.88. The number of carbonyl (C=O) groups excluding carboxylic acids is 1. The maximum atomic E-state index is 11.5. The fourth-order valence-corrected chi connectivity index (χ4v) is 0.807. The van der Waals surface area contributed by atoms with Gasteiger partial charge in [-0.1, -0.05) is 18.4 Å². The van der Waals surface area contributed by atoms with E-state index < -0.39 is 12.3 Å². The van der Waals surface area contributed by atoms with Gasteiger partial charge in [-0.05, 0) is 18.9 Å². The molecule has 0 aromatic rings. The van der Waals surface area contributed by atoms with Crippen molar-refractivity contribution >= 4 is 5.97 Å². The Morgan fingerprint density at radius 3 is 2.60 bits per heavy atom. The molecule has 0 saturated heterocycles. The van der Waals surface area contributed by atoms with E-state index in [1.54, 1.807) is 0 Å². The molecule has 84 valence electrons. The van der Waals surface area contributed by atoms with Crippen LogP contribution in [-0.2, 0) is 9.53 Å². The van der Waals surface area contributed by atoms with E-state index in [0.717, 1.165) is 0 Å². The van der Waals surface area contributed by atoms with E-state index in [4.69, 9.17) is 0 Å². The zero-order chi connectivity index (χ0) is 11.7. The largest absolute Gasteiger partial charge is 0.575 e. The third-order valence-electron chi connectivity index (χ3n) is 1.37. The van der Waals surface area contributed by atoms with Crippen LogP contribution in [0.25, 0.3) is 0 Å². The summed E-state index contributed by atoms with van der Waals surface area (Å²) in [7, 11) is 0. The minimum absolute atomic E-state index is 0.241. The van der Waals surface area contributed by atoms with E-state index in [-0.39, 0.29) is 6.42 Å². The van der Waals surface area contributed by atoms with Gasteiger partial charge >= 0.3 is 12.3 Å². The third-order valence-corrected chi connectivity index (χ3v) is 1.37. The molecule has 0 aliphatic carbocycles. The Kier molecular flexibility index (Phi) is 6.27. The second-order valence-corrected chi connectivity index (χ2v) is 2.65. The lowest BCUT2D eigenvalue weighted by Gasteiger charge is -2.06. The maximum absolute atomic E-state index is 11.5. The number of unbranched alkanes of at least 4 members (excludes halogenated alkanes) is 2. The summed E-state index contributed by atoms with van der Waals surface area (Å²) in [5.74, 6) is 4.06. The quantitative estimate of drug-likeness (QED) is 0.413. The van der Waals surface area contributed by atoms with Gasteiger partial charge in [-0.3, -0.25) is 4.79 Å².